The van der Waals surface area contributed by atoms with Crippen LogP contribution in [-0.4, -0.2) is 29.6 Å². The van der Waals surface area contributed by atoms with E-state index < -0.39 is 17.7 Å². The molecule has 0 aromatic heterocycles. The van der Waals surface area contributed by atoms with Crippen LogP contribution in [0, 0.1) is 5.82 Å². The highest BCUT2D eigenvalue weighted by atomic mass is 19.1. The number of hydrogen-bond donors (Lipinski definition) is 2. The van der Waals surface area contributed by atoms with Crippen LogP contribution in [0.15, 0.2) is 18.2 Å². The predicted molar refractivity (Wildman–Crippen MR) is 69.7 cm³/mol. The van der Waals surface area contributed by atoms with Gasteiger partial charge in [0.15, 0.2) is 0 Å². The Bertz CT molecular complexity index is 489. The van der Waals surface area contributed by atoms with Crippen LogP contribution in [0.2, 0.25) is 0 Å². The lowest BCUT2D eigenvalue weighted by atomic mass is 10.1. The largest absolute Gasteiger partial charge is 0.481 e. The maximum Gasteiger partial charge on any atom is 0.305 e. The molecule has 0 spiro atoms. The number of anilines is 1. The van der Waals surface area contributed by atoms with Gasteiger partial charge in [0.25, 0.3) is 5.91 Å². The fourth-order valence-electron chi connectivity index (χ4n) is 1.87. The zero-order valence-electron chi connectivity index (χ0n) is 10.9. The lowest BCUT2D eigenvalue weighted by Gasteiger charge is -2.30. The van der Waals surface area contributed by atoms with E-state index in [4.69, 9.17) is 10.8 Å². The van der Waals surface area contributed by atoms with Gasteiger partial charge >= 0.3 is 5.97 Å². The second-order valence-corrected chi connectivity index (χ2v) is 4.43. The fraction of sp³-hybridized carbons (Fsp3) is 0.385. The molecule has 1 aromatic carbocycles. The summed E-state index contributed by atoms with van der Waals surface area (Å²) in [7, 11) is 0. The first kappa shape index (κ1) is 14.9. The van der Waals surface area contributed by atoms with Crippen molar-refractivity contribution in [1.29, 1.82) is 0 Å². The second-order valence-electron chi connectivity index (χ2n) is 4.43. The maximum absolute atomic E-state index is 13.7. The zero-order chi connectivity index (χ0) is 14.6. The third-order valence-electron chi connectivity index (χ3n) is 2.74. The van der Waals surface area contributed by atoms with Crippen molar-refractivity contribution < 1.29 is 19.1 Å². The molecule has 0 atom stereocenters. The van der Waals surface area contributed by atoms with Gasteiger partial charge in [-0.05, 0) is 26.0 Å². The highest BCUT2D eigenvalue weighted by Gasteiger charge is 2.21. The smallest absolute Gasteiger partial charge is 0.305 e. The maximum atomic E-state index is 13.7. The Balaban J connectivity index is 3.19. The number of rotatable bonds is 6. The lowest BCUT2D eigenvalue weighted by Crippen LogP contribution is -2.35. The van der Waals surface area contributed by atoms with E-state index in [1.54, 1.807) is 11.0 Å². The summed E-state index contributed by atoms with van der Waals surface area (Å²) in [5.41, 5.74) is 5.30. The summed E-state index contributed by atoms with van der Waals surface area (Å²) in [6.45, 7) is 3.84. The lowest BCUT2D eigenvalue weighted by molar-refractivity contribution is -0.136. The summed E-state index contributed by atoms with van der Waals surface area (Å²) in [6, 6.07) is 4.09. The molecular formula is C13H17FN2O3. The van der Waals surface area contributed by atoms with Gasteiger partial charge in [0.1, 0.15) is 5.82 Å². The number of carboxylic acid groups (broad SMARTS) is 1. The van der Waals surface area contributed by atoms with Crippen molar-refractivity contribution in [2.24, 2.45) is 5.73 Å². The van der Waals surface area contributed by atoms with Crippen LogP contribution in [0.5, 0.6) is 0 Å². The van der Waals surface area contributed by atoms with E-state index in [0.717, 1.165) is 6.07 Å². The molecule has 0 aliphatic heterocycles. The van der Waals surface area contributed by atoms with Crippen molar-refractivity contribution in [1.82, 2.24) is 0 Å². The van der Waals surface area contributed by atoms with Gasteiger partial charge in [-0.15, -0.1) is 0 Å². The topological polar surface area (TPSA) is 83.6 Å². The summed E-state index contributed by atoms with van der Waals surface area (Å²) in [5, 5.41) is 8.73. The summed E-state index contributed by atoms with van der Waals surface area (Å²) >= 11 is 0. The molecule has 0 radical (unpaired) electrons. The second kappa shape index (κ2) is 6.17. The Labute approximate surface area is 110 Å². The van der Waals surface area contributed by atoms with Gasteiger partial charge in [0.2, 0.25) is 0 Å². The first-order chi connectivity index (χ1) is 8.84. The molecule has 1 amide bonds. The van der Waals surface area contributed by atoms with Gasteiger partial charge in [-0.3, -0.25) is 9.59 Å². The summed E-state index contributed by atoms with van der Waals surface area (Å²) < 4.78 is 13.7. The molecule has 6 heteroatoms. The van der Waals surface area contributed by atoms with E-state index in [2.05, 4.69) is 0 Å². The van der Waals surface area contributed by atoms with Crippen molar-refractivity contribution in [3.8, 4) is 0 Å². The standard InChI is InChI=1S/C13H17FN2O3/c1-8(2)16(7-6-11(17)18)10-5-3-4-9(14)12(10)13(15)19/h3-5,8H,6-7H2,1-2H3,(H2,15,19)(H,17,18). The third kappa shape index (κ3) is 3.67. The third-order valence-corrected chi connectivity index (χ3v) is 2.74. The highest BCUT2D eigenvalue weighted by Crippen LogP contribution is 2.25. The molecule has 1 rings (SSSR count). The predicted octanol–water partition coefficient (Wildman–Crippen LogP) is 1.61. The van der Waals surface area contributed by atoms with E-state index in [1.807, 2.05) is 13.8 Å². The number of carboxylic acids is 1. The van der Waals surface area contributed by atoms with Crippen LogP contribution in [0.4, 0.5) is 10.1 Å². The molecule has 104 valence electrons. The van der Waals surface area contributed by atoms with Crippen molar-refractivity contribution in [2.75, 3.05) is 11.4 Å². The molecule has 0 heterocycles. The quantitative estimate of drug-likeness (QED) is 0.821. The van der Waals surface area contributed by atoms with Crippen LogP contribution in [0.1, 0.15) is 30.6 Å². The number of carbonyl (C=O) groups excluding carboxylic acids is 1. The molecular weight excluding hydrogens is 251 g/mol. The molecule has 3 N–H and O–H groups in total. The summed E-state index contributed by atoms with van der Waals surface area (Å²) in [5.74, 6) is -2.53. The monoisotopic (exact) mass is 268 g/mol. The van der Waals surface area contributed by atoms with Gasteiger partial charge in [0.05, 0.1) is 17.7 Å². The number of halogens is 1. The van der Waals surface area contributed by atoms with Crippen LogP contribution >= 0.6 is 0 Å². The molecule has 0 aliphatic rings. The number of nitrogens with two attached hydrogens (primary N) is 1. The molecule has 1 aromatic rings. The molecule has 0 bridgehead atoms. The number of amides is 1. The molecule has 0 fully saturated rings. The number of aliphatic carboxylic acids is 1. The highest BCUT2D eigenvalue weighted by molar-refractivity contribution is 5.99. The van der Waals surface area contributed by atoms with Crippen molar-refractivity contribution in [2.45, 2.75) is 26.3 Å². The first-order valence-electron chi connectivity index (χ1n) is 5.91. The number of benzene rings is 1. The van der Waals surface area contributed by atoms with Crippen molar-refractivity contribution >= 4 is 17.6 Å². The SMILES string of the molecule is CC(C)N(CCC(=O)O)c1cccc(F)c1C(N)=O. The van der Waals surface area contributed by atoms with Crippen molar-refractivity contribution in [3.63, 3.8) is 0 Å². The minimum Gasteiger partial charge on any atom is -0.481 e. The minimum absolute atomic E-state index is 0.0840. The van der Waals surface area contributed by atoms with Crippen LogP contribution in [0.3, 0.4) is 0 Å². The van der Waals surface area contributed by atoms with Gasteiger partial charge in [0, 0.05) is 12.6 Å². The zero-order valence-corrected chi connectivity index (χ0v) is 10.9. The van der Waals surface area contributed by atoms with Gasteiger partial charge in [-0.25, -0.2) is 4.39 Å². The average molecular weight is 268 g/mol. The number of primary amides is 1. The Hall–Kier alpha value is -2.11. The Morgan fingerprint density at radius 1 is 1.42 bits per heavy atom. The summed E-state index contributed by atoms with van der Waals surface area (Å²) in [4.78, 5) is 23.6. The van der Waals surface area contributed by atoms with Gasteiger partial charge in [-0.2, -0.15) is 0 Å². The van der Waals surface area contributed by atoms with Crippen LogP contribution in [-0.2, 0) is 4.79 Å². The minimum atomic E-state index is -0.956. The average Bonchev–Trinajstić information content (AvgIpc) is 2.27. The van der Waals surface area contributed by atoms with E-state index in [-0.39, 0.29) is 24.6 Å². The first-order valence-corrected chi connectivity index (χ1v) is 5.91. The molecule has 0 saturated carbocycles. The van der Waals surface area contributed by atoms with E-state index in [0.29, 0.717) is 5.69 Å². The van der Waals surface area contributed by atoms with Crippen LogP contribution in [0.25, 0.3) is 0 Å². The molecule has 19 heavy (non-hydrogen) atoms. The fourth-order valence-corrected chi connectivity index (χ4v) is 1.87. The van der Waals surface area contributed by atoms with E-state index in [9.17, 15) is 14.0 Å². The van der Waals surface area contributed by atoms with E-state index >= 15 is 0 Å². The Morgan fingerprint density at radius 3 is 2.53 bits per heavy atom. The van der Waals surface area contributed by atoms with E-state index in [1.165, 1.54) is 6.07 Å². The molecule has 0 saturated heterocycles. The summed E-state index contributed by atoms with van der Waals surface area (Å²) in [6.07, 6.45) is -0.104. The Morgan fingerprint density at radius 2 is 2.05 bits per heavy atom. The molecule has 0 unspecified atom stereocenters. The van der Waals surface area contributed by atoms with Gasteiger partial charge < -0.3 is 15.7 Å². The van der Waals surface area contributed by atoms with Crippen molar-refractivity contribution in [3.05, 3.63) is 29.6 Å². The molecule has 0 aliphatic carbocycles. The number of nitrogens with zero attached hydrogens (tertiary/aromatic N) is 1. The normalized spacial score (nSPS) is 10.5. The Kier molecular flexibility index (Phi) is 4.86. The number of hydrogen-bond acceptors (Lipinski definition) is 3. The van der Waals surface area contributed by atoms with Crippen LogP contribution < -0.4 is 10.6 Å². The molecule has 5 nitrogen and oxygen atoms in total. The number of carbonyl (C=O) groups is 2. The van der Waals surface area contributed by atoms with Gasteiger partial charge in [-0.1, -0.05) is 6.07 Å².